The van der Waals surface area contributed by atoms with E-state index in [0.717, 1.165) is 31.5 Å². The Morgan fingerprint density at radius 1 is 1.53 bits per heavy atom. The summed E-state index contributed by atoms with van der Waals surface area (Å²) in [6.07, 6.45) is 1.72. The summed E-state index contributed by atoms with van der Waals surface area (Å²) in [5.41, 5.74) is 0.110. The van der Waals surface area contributed by atoms with Crippen molar-refractivity contribution in [3.63, 3.8) is 0 Å². The summed E-state index contributed by atoms with van der Waals surface area (Å²) in [5.74, 6) is -0.862. The molecule has 0 radical (unpaired) electrons. The van der Waals surface area contributed by atoms with Crippen LogP contribution < -0.4 is 10.6 Å². The van der Waals surface area contributed by atoms with E-state index in [9.17, 15) is 14.3 Å². The average molecular weight is 261 g/mol. The van der Waals surface area contributed by atoms with Crippen molar-refractivity contribution in [2.24, 2.45) is 0 Å². The summed E-state index contributed by atoms with van der Waals surface area (Å²) in [6.45, 7) is 0.813. The molecule has 1 atom stereocenters. The lowest BCUT2D eigenvalue weighted by atomic mass is 10.2. The molecular weight excluding hydrogens is 247 g/mol. The van der Waals surface area contributed by atoms with Gasteiger partial charge in [0.25, 0.3) is 0 Å². The van der Waals surface area contributed by atoms with Crippen LogP contribution in [0, 0.1) is 5.82 Å². The van der Waals surface area contributed by atoms with E-state index in [1.165, 1.54) is 6.07 Å². The van der Waals surface area contributed by atoms with Crippen molar-refractivity contribution in [1.82, 2.24) is 5.32 Å². The van der Waals surface area contributed by atoms with Gasteiger partial charge < -0.3 is 15.7 Å². The van der Waals surface area contributed by atoms with E-state index in [4.69, 9.17) is 0 Å². The third-order valence-corrected chi connectivity index (χ3v) is 2.59. The fourth-order valence-electron chi connectivity index (χ4n) is 1.74. The summed E-state index contributed by atoms with van der Waals surface area (Å²) in [5, 5.41) is 14.9. The maximum atomic E-state index is 12.9. The number of halogens is 2. The van der Waals surface area contributed by atoms with Gasteiger partial charge in [0.15, 0.2) is 0 Å². The number of phenols is 1. The second-order valence-electron chi connectivity index (χ2n) is 3.80. The predicted molar refractivity (Wildman–Crippen MR) is 65.0 cm³/mol. The maximum absolute atomic E-state index is 12.9. The van der Waals surface area contributed by atoms with Gasteiger partial charge >= 0.3 is 0 Å². The lowest BCUT2D eigenvalue weighted by molar-refractivity contribution is -0.117. The molecule has 1 heterocycles. The highest BCUT2D eigenvalue weighted by Crippen LogP contribution is 2.24. The molecule has 94 valence electrons. The van der Waals surface area contributed by atoms with E-state index in [1.54, 1.807) is 0 Å². The standard InChI is InChI=1S/C11H13FN2O2.ClH/c12-7-3-4-10(15)9(6-7)14-11(16)8-2-1-5-13-8;/h3-4,6,8,13,15H,1-2,5H2,(H,14,16);1H. The minimum absolute atomic E-state index is 0. The third-order valence-electron chi connectivity index (χ3n) is 2.59. The molecule has 1 fully saturated rings. The largest absolute Gasteiger partial charge is 0.506 e. The van der Waals surface area contributed by atoms with Crippen molar-refractivity contribution in [3.05, 3.63) is 24.0 Å². The first kappa shape index (κ1) is 13.7. The van der Waals surface area contributed by atoms with Gasteiger partial charge in [-0.2, -0.15) is 0 Å². The van der Waals surface area contributed by atoms with Gasteiger partial charge in [-0.3, -0.25) is 4.79 Å². The zero-order chi connectivity index (χ0) is 11.5. The van der Waals surface area contributed by atoms with Gasteiger partial charge in [0.1, 0.15) is 11.6 Å². The van der Waals surface area contributed by atoms with E-state index in [1.807, 2.05) is 0 Å². The Morgan fingerprint density at radius 3 is 2.94 bits per heavy atom. The van der Waals surface area contributed by atoms with Crippen LogP contribution >= 0.6 is 12.4 Å². The number of carbonyl (C=O) groups excluding carboxylic acids is 1. The van der Waals surface area contributed by atoms with E-state index in [2.05, 4.69) is 10.6 Å². The molecule has 1 aromatic rings. The van der Waals surface area contributed by atoms with E-state index < -0.39 is 5.82 Å². The van der Waals surface area contributed by atoms with Crippen LogP contribution in [-0.4, -0.2) is 23.6 Å². The SMILES string of the molecule is Cl.O=C(Nc1cc(F)ccc1O)C1CCCN1. The van der Waals surface area contributed by atoms with Gasteiger partial charge in [0.2, 0.25) is 5.91 Å². The van der Waals surface area contributed by atoms with Gasteiger partial charge in [0.05, 0.1) is 11.7 Å². The Labute approximate surface area is 105 Å². The number of carbonyl (C=O) groups is 1. The molecular formula is C11H14ClFN2O2. The Hall–Kier alpha value is -1.33. The Bertz CT molecular complexity index is 408. The summed E-state index contributed by atoms with van der Waals surface area (Å²) in [6, 6.07) is 3.20. The van der Waals surface area contributed by atoms with Crippen molar-refractivity contribution < 1.29 is 14.3 Å². The molecule has 0 spiro atoms. The fraction of sp³-hybridized carbons (Fsp3) is 0.364. The number of hydrogen-bond donors (Lipinski definition) is 3. The smallest absolute Gasteiger partial charge is 0.241 e. The number of anilines is 1. The minimum atomic E-state index is -0.493. The lowest BCUT2D eigenvalue weighted by Gasteiger charge is -2.12. The van der Waals surface area contributed by atoms with E-state index >= 15 is 0 Å². The van der Waals surface area contributed by atoms with Gasteiger partial charge in [-0.25, -0.2) is 4.39 Å². The summed E-state index contributed by atoms with van der Waals surface area (Å²) >= 11 is 0. The highest BCUT2D eigenvalue weighted by Gasteiger charge is 2.22. The number of hydrogen-bond acceptors (Lipinski definition) is 3. The first-order chi connectivity index (χ1) is 7.66. The second kappa shape index (κ2) is 5.84. The van der Waals surface area contributed by atoms with Gasteiger partial charge in [-0.05, 0) is 31.5 Å². The van der Waals surface area contributed by atoms with Crippen molar-refractivity contribution in [1.29, 1.82) is 0 Å². The third kappa shape index (κ3) is 3.31. The summed E-state index contributed by atoms with van der Waals surface area (Å²) in [4.78, 5) is 11.7. The molecule has 1 aliphatic rings. The Morgan fingerprint density at radius 2 is 2.29 bits per heavy atom. The molecule has 0 bridgehead atoms. The van der Waals surface area contributed by atoms with Crippen molar-refractivity contribution in [2.45, 2.75) is 18.9 Å². The monoisotopic (exact) mass is 260 g/mol. The first-order valence-electron chi connectivity index (χ1n) is 5.19. The molecule has 1 aromatic carbocycles. The van der Waals surface area contributed by atoms with E-state index in [-0.39, 0.29) is 35.8 Å². The number of benzene rings is 1. The second-order valence-corrected chi connectivity index (χ2v) is 3.80. The Balaban J connectivity index is 0.00000144. The van der Waals surface area contributed by atoms with Crippen LogP contribution in [0.5, 0.6) is 5.75 Å². The molecule has 17 heavy (non-hydrogen) atoms. The molecule has 3 N–H and O–H groups in total. The molecule has 6 heteroatoms. The number of rotatable bonds is 2. The zero-order valence-electron chi connectivity index (χ0n) is 9.07. The van der Waals surface area contributed by atoms with Crippen LogP contribution in [0.1, 0.15) is 12.8 Å². The quantitative estimate of drug-likeness (QED) is 0.709. The van der Waals surface area contributed by atoms with Crippen molar-refractivity contribution >= 4 is 24.0 Å². The fourth-order valence-corrected chi connectivity index (χ4v) is 1.74. The van der Waals surface area contributed by atoms with Crippen molar-refractivity contribution in [2.75, 3.05) is 11.9 Å². The van der Waals surface area contributed by atoms with Crippen LogP contribution in [0.4, 0.5) is 10.1 Å². The molecule has 1 unspecified atom stereocenters. The van der Waals surface area contributed by atoms with Crippen molar-refractivity contribution in [3.8, 4) is 5.75 Å². The Kier molecular flexibility index (Phi) is 4.72. The first-order valence-corrected chi connectivity index (χ1v) is 5.19. The predicted octanol–water partition coefficient (Wildman–Crippen LogP) is 1.64. The van der Waals surface area contributed by atoms with Gasteiger partial charge in [-0.1, -0.05) is 0 Å². The zero-order valence-corrected chi connectivity index (χ0v) is 9.89. The summed E-state index contributed by atoms with van der Waals surface area (Å²) < 4.78 is 12.9. The van der Waals surface area contributed by atoms with Gasteiger partial charge in [0, 0.05) is 6.07 Å². The van der Waals surface area contributed by atoms with Crippen LogP contribution in [0.25, 0.3) is 0 Å². The number of aromatic hydroxyl groups is 1. The lowest BCUT2D eigenvalue weighted by Crippen LogP contribution is -2.35. The number of amides is 1. The van der Waals surface area contributed by atoms with Crippen LogP contribution in [-0.2, 0) is 4.79 Å². The number of nitrogens with one attached hydrogen (secondary N) is 2. The number of phenolic OH excluding ortho intramolecular Hbond substituents is 1. The molecule has 0 aromatic heterocycles. The highest BCUT2D eigenvalue weighted by molar-refractivity contribution is 5.96. The molecule has 1 amide bonds. The van der Waals surface area contributed by atoms with Crippen LogP contribution in [0.15, 0.2) is 18.2 Å². The molecule has 0 saturated carbocycles. The molecule has 2 rings (SSSR count). The molecule has 4 nitrogen and oxygen atoms in total. The average Bonchev–Trinajstić information content (AvgIpc) is 2.76. The molecule has 1 aliphatic heterocycles. The summed E-state index contributed by atoms with van der Waals surface area (Å²) in [7, 11) is 0. The minimum Gasteiger partial charge on any atom is -0.506 e. The van der Waals surface area contributed by atoms with Gasteiger partial charge in [-0.15, -0.1) is 12.4 Å². The normalized spacial score (nSPS) is 18.5. The van der Waals surface area contributed by atoms with Crippen LogP contribution in [0.3, 0.4) is 0 Å². The van der Waals surface area contributed by atoms with Crippen LogP contribution in [0.2, 0.25) is 0 Å². The molecule has 0 aliphatic carbocycles. The molecule has 1 saturated heterocycles. The highest BCUT2D eigenvalue weighted by atomic mass is 35.5. The maximum Gasteiger partial charge on any atom is 0.241 e. The van der Waals surface area contributed by atoms with E-state index in [0.29, 0.717) is 0 Å². The topological polar surface area (TPSA) is 61.4 Å².